The highest BCUT2D eigenvalue weighted by atomic mass is 35.5. The molecule has 6 nitrogen and oxygen atoms in total. The number of hydrogen-bond donors (Lipinski definition) is 0. The van der Waals surface area contributed by atoms with Crippen molar-refractivity contribution in [2.75, 3.05) is 0 Å². The summed E-state index contributed by atoms with van der Waals surface area (Å²) in [7, 11) is 3.20. The molecule has 0 saturated heterocycles. The van der Waals surface area contributed by atoms with Crippen molar-refractivity contribution < 1.29 is 4.74 Å². The molecule has 0 fully saturated rings. The van der Waals surface area contributed by atoms with Crippen LogP contribution < -0.4 is 16.0 Å². The third-order valence-corrected chi connectivity index (χ3v) is 7.14. The lowest BCUT2D eigenvalue weighted by Crippen LogP contribution is -2.37. The van der Waals surface area contributed by atoms with Crippen LogP contribution in [-0.2, 0) is 14.1 Å². The summed E-state index contributed by atoms with van der Waals surface area (Å²) in [6.45, 7) is 2.02. The maximum Gasteiger partial charge on any atom is 0.331 e. The zero-order valence-corrected chi connectivity index (χ0v) is 20.2. The molecule has 1 atom stereocenters. The molecule has 3 heterocycles. The van der Waals surface area contributed by atoms with Crippen molar-refractivity contribution in [1.82, 2.24) is 13.7 Å². The molecule has 0 bridgehead atoms. The number of aryl methyl sites for hydroxylation is 2. The minimum Gasteiger partial charge on any atom is -0.477 e. The predicted octanol–water partition coefficient (Wildman–Crippen LogP) is 5.14. The zero-order chi connectivity index (χ0) is 24.4. The van der Waals surface area contributed by atoms with Gasteiger partial charge in [-0.05, 0) is 30.7 Å². The van der Waals surface area contributed by atoms with Crippen molar-refractivity contribution in [2.24, 2.45) is 14.1 Å². The highest BCUT2D eigenvalue weighted by Crippen LogP contribution is 2.47. The number of benzene rings is 3. The van der Waals surface area contributed by atoms with Gasteiger partial charge in [0.15, 0.2) is 6.10 Å². The average Bonchev–Trinajstić information content (AvgIpc) is 3.23. The van der Waals surface area contributed by atoms with Crippen LogP contribution >= 0.6 is 11.6 Å². The summed E-state index contributed by atoms with van der Waals surface area (Å²) in [5.74, 6) is 0.668. The zero-order valence-electron chi connectivity index (χ0n) is 19.4. The molecule has 0 saturated carbocycles. The van der Waals surface area contributed by atoms with Gasteiger partial charge < -0.3 is 9.30 Å². The molecule has 0 radical (unpaired) electrons. The van der Waals surface area contributed by atoms with E-state index in [0.29, 0.717) is 27.4 Å². The Balaban J connectivity index is 1.90. The summed E-state index contributed by atoms with van der Waals surface area (Å²) in [6, 6.07) is 23.2. The number of para-hydroxylation sites is 2. The number of aromatic nitrogens is 3. The smallest absolute Gasteiger partial charge is 0.331 e. The molecule has 0 N–H and O–H groups in total. The highest BCUT2D eigenvalue weighted by Gasteiger charge is 2.37. The van der Waals surface area contributed by atoms with Crippen LogP contribution in [-0.4, -0.2) is 13.7 Å². The first-order valence-corrected chi connectivity index (χ1v) is 11.7. The normalized spacial score (nSPS) is 14.5. The first-order valence-electron chi connectivity index (χ1n) is 11.3. The average molecular weight is 484 g/mol. The lowest BCUT2D eigenvalue weighted by molar-refractivity contribution is 0.229. The molecule has 0 aliphatic carbocycles. The second-order valence-corrected chi connectivity index (χ2v) is 9.21. The van der Waals surface area contributed by atoms with Gasteiger partial charge in [-0.25, -0.2) is 4.79 Å². The molecule has 5 aromatic rings. The fourth-order valence-corrected chi connectivity index (χ4v) is 5.34. The van der Waals surface area contributed by atoms with E-state index in [9.17, 15) is 9.59 Å². The SMILES string of the molecule is Cc1ccccc1-c1c2c(=O)n(C)c(=O)n(C)c2c2n1-c1ccccc1OC2c1ccccc1Cl. The van der Waals surface area contributed by atoms with E-state index < -0.39 is 11.8 Å². The minimum absolute atomic E-state index is 0.348. The van der Waals surface area contributed by atoms with Gasteiger partial charge in [-0.3, -0.25) is 13.9 Å². The van der Waals surface area contributed by atoms with Crippen molar-refractivity contribution in [3.63, 3.8) is 0 Å². The third kappa shape index (κ3) is 2.96. The molecule has 2 aromatic heterocycles. The Morgan fingerprint density at radius 1 is 0.857 bits per heavy atom. The van der Waals surface area contributed by atoms with Gasteiger partial charge in [0.05, 0.1) is 28.0 Å². The van der Waals surface area contributed by atoms with Gasteiger partial charge in [-0.2, -0.15) is 0 Å². The topological polar surface area (TPSA) is 58.2 Å². The Hall–Kier alpha value is -4.03. The second-order valence-electron chi connectivity index (χ2n) is 8.80. The fraction of sp³-hybridized carbons (Fsp3) is 0.143. The van der Waals surface area contributed by atoms with Crippen LogP contribution in [0, 0.1) is 6.92 Å². The molecule has 7 heteroatoms. The molecular weight excluding hydrogens is 462 g/mol. The molecule has 35 heavy (non-hydrogen) atoms. The largest absolute Gasteiger partial charge is 0.477 e. The maximum absolute atomic E-state index is 13.7. The Kier molecular flexibility index (Phi) is 4.76. The van der Waals surface area contributed by atoms with E-state index in [-0.39, 0.29) is 5.56 Å². The van der Waals surface area contributed by atoms with E-state index in [1.54, 1.807) is 7.05 Å². The van der Waals surface area contributed by atoms with Crippen LogP contribution in [0.1, 0.15) is 22.9 Å². The minimum atomic E-state index is -0.628. The van der Waals surface area contributed by atoms with E-state index in [1.165, 1.54) is 11.6 Å². The number of ether oxygens (including phenoxy) is 1. The van der Waals surface area contributed by atoms with Gasteiger partial charge in [0.2, 0.25) is 0 Å². The molecule has 3 aromatic carbocycles. The number of halogens is 1. The van der Waals surface area contributed by atoms with Crippen molar-refractivity contribution >= 4 is 22.5 Å². The molecule has 174 valence electrons. The van der Waals surface area contributed by atoms with E-state index in [2.05, 4.69) is 4.57 Å². The predicted molar refractivity (Wildman–Crippen MR) is 138 cm³/mol. The first-order chi connectivity index (χ1) is 16.9. The quantitative estimate of drug-likeness (QED) is 0.349. The molecule has 1 unspecified atom stereocenters. The molecule has 0 amide bonds. The van der Waals surface area contributed by atoms with Gasteiger partial charge >= 0.3 is 5.69 Å². The second kappa shape index (κ2) is 7.75. The van der Waals surface area contributed by atoms with E-state index in [1.807, 2.05) is 79.7 Å². The molecule has 0 spiro atoms. The van der Waals surface area contributed by atoms with Crippen LogP contribution in [0.15, 0.2) is 82.4 Å². The highest BCUT2D eigenvalue weighted by molar-refractivity contribution is 6.31. The van der Waals surface area contributed by atoms with Crippen molar-refractivity contribution in [3.8, 4) is 22.7 Å². The van der Waals surface area contributed by atoms with Crippen LogP contribution in [0.5, 0.6) is 5.75 Å². The molecule has 1 aliphatic heterocycles. The monoisotopic (exact) mass is 483 g/mol. The fourth-order valence-electron chi connectivity index (χ4n) is 5.10. The summed E-state index contributed by atoms with van der Waals surface area (Å²) >= 11 is 6.66. The van der Waals surface area contributed by atoms with Gasteiger partial charge in [-0.15, -0.1) is 0 Å². The van der Waals surface area contributed by atoms with Crippen molar-refractivity contribution in [3.05, 3.63) is 115 Å². The standard InChI is InChI=1S/C28H22ClN3O3/c1-16-10-4-5-11-17(16)23-22-24(30(2)28(34)31(3)27(22)33)25-26(18-12-6-7-13-19(18)29)35-21-15-9-8-14-20(21)32(23)25/h4-15,26H,1-3H3. The van der Waals surface area contributed by atoms with E-state index >= 15 is 0 Å². The Morgan fingerprint density at radius 2 is 1.54 bits per heavy atom. The van der Waals surface area contributed by atoms with Crippen LogP contribution in [0.25, 0.3) is 27.8 Å². The van der Waals surface area contributed by atoms with Crippen molar-refractivity contribution in [2.45, 2.75) is 13.0 Å². The van der Waals surface area contributed by atoms with E-state index in [4.69, 9.17) is 16.3 Å². The summed E-state index contributed by atoms with van der Waals surface area (Å²) in [4.78, 5) is 26.8. The number of fused-ring (bicyclic) bond motifs is 5. The lowest BCUT2D eigenvalue weighted by Gasteiger charge is -2.30. The molecular formula is C28H22ClN3O3. The lowest BCUT2D eigenvalue weighted by atomic mass is 10.0. The number of rotatable bonds is 2. The van der Waals surface area contributed by atoms with Crippen molar-refractivity contribution in [1.29, 1.82) is 0 Å². The van der Waals surface area contributed by atoms with Crippen LogP contribution in [0.2, 0.25) is 5.02 Å². The summed E-state index contributed by atoms with van der Waals surface area (Å²) < 4.78 is 11.3. The number of nitrogens with zero attached hydrogens (tertiary/aromatic N) is 3. The summed E-state index contributed by atoms with van der Waals surface area (Å²) in [6.07, 6.45) is -0.628. The third-order valence-electron chi connectivity index (χ3n) is 6.80. The van der Waals surface area contributed by atoms with Gasteiger partial charge in [0.25, 0.3) is 5.56 Å². The Labute approximate surface area is 206 Å². The Morgan fingerprint density at radius 3 is 2.31 bits per heavy atom. The Bertz CT molecular complexity index is 1780. The first kappa shape index (κ1) is 21.5. The van der Waals surface area contributed by atoms with E-state index in [0.717, 1.165) is 32.6 Å². The molecule has 1 aliphatic rings. The van der Waals surface area contributed by atoms with Crippen LogP contribution in [0.4, 0.5) is 0 Å². The summed E-state index contributed by atoms with van der Waals surface area (Å²) in [5.41, 5.74) is 4.71. The maximum atomic E-state index is 13.7. The number of hydrogen-bond acceptors (Lipinski definition) is 3. The van der Waals surface area contributed by atoms with Crippen LogP contribution in [0.3, 0.4) is 0 Å². The summed E-state index contributed by atoms with van der Waals surface area (Å²) in [5, 5.41) is 1.01. The van der Waals surface area contributed by atoms with Gasteiger partial charge in [0, 0.05) is 30.2 Å². The van der Waals surface area contributed by atoms with Gasteiger partial charge in [-0.1, -0.05) is 66.2 Å². The van der Waals surface area contributed by atoms with Gasteiger partial charge in [0.1, 0.15) is 5.75 Å². The molecule has 6 rings (SSSR count).